The molecule has 0 radical (unpaired) electrons. The number of nitrogens with one attached hydrogen (secondary N) is 1. The van der Waals surface area contributed by atoms with Crippen LogP contribution in [0.5, 0.6) is 0 Å². The van der Waals surface area contributed by atoms with Crippen LogP contribution in [0.4, 0.5) is 5.69 Å². The summed E-state index contributed by atoms with van der Waals surface area (Å²) in [7, 11) is 0. The first-order valence-electron chi connectivity index (χ1n) is 5.66. The van der Waals surface area contributed by atoms with Crippen LogP contribution in [0.3, 0.4) is 0 Å². The summed E-state index contributed by atoms with van der Waals surface area (Å²) in [5.74, 6) is -0.364. The van der Waals surface area contributed by atoms with E-state index in [2.05, 4.69) is 31.2 Å². The fourth-order valence-electron chi connectivity index (χ4n) is 1.53. The molecule has 0 saturated heterocycles. The second-order valence-electron chi connectivity index (χ2n) is 4.05. The maximum Gasteiger partial charge on any atom is 0.275 e. The molecule has 1 amide bonds. The Morgan fingerprint density at radius 2 is 2.10 bits per heavy atom. The van der Waals surface area contributed by atoms with E-state index < -0.39 is 0 Å². The number of halogens is 1. The Morgan fingerprint density at radius 1 is 1.35 bits per heavy atom. The van der Waals surface area contributed by atoms with Crippen LogP contribution < -0.4 is 11.1 Å². The number of hydrogen-bond donors (Lipinski definition) is 2. The van der Waals surface area contributed by atoms with Crippen LogP contribution in [0, 0.1) is 6.92 Å². The van der Waals surface area contributed by atoms with Gasteiger partial charge in [-0.1, -0.05) is 28.1 Å². The average Bonchev–Trinajstić information content (AvgIpc) is 2.41. The molecule has 0 aliphatic heterocycles. The average molecular weight is 351 g/mol. The van der Waals surface area contributed by atoms with Gasteiger partial charge >= 0.3 is 0 Å². The van der Waals surface area contributed by atoms with Crippen LogP contribution in [0.25, 0.3) is 0 Å². The van der Waals surface area contributed by atoms with Gasteiger partial charge in [-0.3, -0.25) is 9.78 Å². The summed E-state index contributed by atoms with van der Waals surface area (Å²) >= 11 is 8.31. The highest BCUT2D eigenvalue weighted by Gasteiger charge is 2.12. The van der Waals surface area contributed by atoms with Crippen molar-refractivity contribution in [2.45, 2.75) is 6.92 Å². The lowest BCUT2D eigenvalue weighted by atomic mass is 10.1. The van der Waals surface area contributed by atoms with E-state index in [4.69, 9.17) is 18.0 Å². The molecule has 7 heteroatoms. The summed E-state index contributed by atoms with van der Waals surface area (Å²) in [4.78, 5) is 20.3. The van der Waals surface area contributed by atoms with Gasteiger partial charge in [0.2, 0.25) is 0 Å². The van der Waals surface area contributed by atoms with E-state index in [1.807, 2.05) is 0 Å². The van der Waals surface area contributed by atoms with Gasteiger partial charge in [-0.2, -0.15) is 0 Å². The van der Waals surface area contributed by atoms with Gasteiger partial charge in [0.05, 0.1) is 17.6 Å². The minimum absolute atomic E-state index is 0.205. The number of thiocarbonyl (C=S) groups is 1. The number of nitrogens with zero attached hydrogens (tertiary/aromatic N) is 2. The van der Waals surface area contributed by atoms with Gasteiger partial charge in [-0.25, -0.2) is 4.98 Å². The molecule has 2 aromatic rings. The zero-order valence-corrected chi connectivity index (χ0v) is 13.0. The van der Waals surface area contributed by atoms with E-state index in [-0.39, 0.29) is 16.6 Å². The lowest BCUT2D eigenvalue weighted by Gasteiger charge is -2.10. The maximum atomic E-state index is 12.1. The van der Waals surface area contributed by atoms with Crippen molar-refractivity contribution in [3.05, 3.63) is 52.0 Å². The number of aromatic nitrogens is 2. The Labute approximate surface area is 129 Å². The van der Waals surface area contributed by atoms with Gasteiger partial charge in [-0.05, 0) is 25.1 Å². The molecule has 1 aromatic carbocycles. The van der Waals surface area contributed by atoms with E-state index in [0.29, 0.717) is 11.3 Å². The largest absolute Gasteiger partial charge is 0.389 e. The Morgan fingerprint density at radius 3 is 2.70 bits per heavy atom. The van der Waals surface area contributed by atoms with Crippen LogP contribution in [0.15, 0.2) is 35.1 Å². The molecule has 0 aliphatic rings. The first kappa shape index (κ1) is 14.5. The molecule has 2 rings (SSSR count). The molecule has 3 N–H and O–H groups in total. The van der Waals surface area contributed by atoms with E-state index in [9.17, 15) is 4.79 Å². The van der Waals surface area contributed by atoms with E-state index in [1.165, 1.54) is 12.4 Å². The highest BCUT2D eigenvalue weighted by Crippen LogP contribution is 2.21. The predicted molar refractivity (Wildman–Crippen MR) is 84.8 cm³/mol. The summed E-state index contributed by atoms with van der Waals surface area (Å²) in [5.41, 5.74) is 7.74. The predicted octanol–water partition coefficient (Wildman–Crippen LogP) is 2.43. The minimum atomic E-state index is -0.364. The van der Waals surface area contributed by atoms with Crippen molar-refractivity contribution in [2.75, 3.05) is 5.32 Å². The molecule has 0 saturated carbocycles. The smallest absolute Gasteiger partial charge is 0.275 e. The summed E-state index contributed by atoms with van der Waals surface area (Å²) < 4.78 is 0.827. The van der Waals surface area contributed by atoms with Crippen molar-refractivity contribution in [3.8, 4) is 0 Å². The lowest BCUT2D eigenvalue weighted by Crippen LogP contribution is -2.18. The van der Waals surface area contributed by atoms with Crippen LogP contribution in [0.1, 0.15) is 21.7 Å². The topological polar surface area (TPSA) is 80.9 Å². The number of carbonyl (C=O) groups excluding carboxylic acids is 1. The number of hydrogen-bond acceptors (Lipinski definition) is 4. The number of nitrogens with two attached hydrogens (primary N) is 1. The van der Waals surface area contributed by atoms with Gasteiger partial charge in [0.25, 0.3) is 5.91 Å². The third kappa shape index (κ3) is 3.37. The molecule has 5 nitrogen and oxygen atoms in total. The minimum Gasteiger partial charge on any atom is -0.389 e. The fraction of sp³-hybridized carbons (Fsp3) is 0.0769. The third-order valence-electron chi connectivity index (χ3n) is 2.51. The Kier molecular flexibility index (Phi) is 4.41. The van der Waals surface area contributed by atoms with Crippen molar-refractivity contribution < 1.29 is 4.79 Å². The second-order valence-corrected chi connectivity index (χ2v) is 5.41. The number of anilines is 1. The van der Waals surface area contributed by atoms with Gasteiger partial charge in [0, 0.05) is 16.2 Å². The zero-order chi connectivity index (χ0) is 14.7. The standard InChI is InChI=1S/C13H11BrN4OS/c1-7-5-17-11(6-16-7)13(19)18-10-3-2-8(14)4-9(10)12(15)20/h2-6H,1H3,(H2,15,20)(H,18,19). The lowest BCUT2D eigenvalue weighted by molar-refractivity contribution is 0.102. The molecule has 1 aromatic heterocycles. The molecular formula is C13H11BrN4OS. The number of amides is 1. The fourth-order valence-corrected chi connectivity index (χ4v) is 2.06. The van der Waals surface area contributed by atoms with Gasteiger partial charge < -0.3 is 11.1 Å². The Bertz CT molecular complexity index is 673. The first-order valence-corrected chi connectivity index (χ1v) is 6.87. The zero-order valence-electron chi connectivity index (χ0n) is 10.6. The monoisotopic (exact) mass is 350 g/mol. The summed E-state index contributed by atoms with van der Waals surface area (Å²) in [6, 6.07) is 5.26. The molecule has 0 fully saturated rings. The van der Waals surface area contributed by atoms with Crippen LogP contribution in [0.2, 0.25) is 0 Å². The molecule has 0 atom stereocenters. The molecule has 0 aliphatic carbocycles. The van der Waals surface area contributed by atoms with E-state index in [0.717, 1.165) is 10.2 Å². The number of carbonyl (C=O) groups is 1. The second kappa shape index (κ2) is 6.06. The molecule has 20 heavy (non-hydrogen) atoms. The van der Waals surface area contributed by atoms with E-state index in [1.54, 1.807) is 25.1 Å². The van der Waals surface area contributed by atoms with Crippen molar-refractivity contribution >= 4 is 44.7 Å². The quantitative estimate of drug-likeness (QED) is 0.831. The van der Waals surface area contributed by atoms with Gasteiger partial charge in [-0.15, -0.1) is 0 Å². The third-order valence-corrected chi connectivity index (χ3v) is 3.22. The molecule has 0 unspecified atom stereocenters. The molecule has 1 heterocycles. The molecule has 102 valence electrons. The molecular weight excluding hydrogens is 340 g/mol. The summed E-state index contributed by atoms with van der Waals surface area (Å²) in [5, 5.41) is 2.73. The van der Waals surface area contributed by atoms with Crippen molar-refractivity contribution in [2.24, 2.45) is 5.73 Å². The summed E-state index contributed by atoms with van der Waals surface area (Å²) in [6.07, 6.45) is 2.95. The maximum absolute atomic E-state index is 12.1. The number of aryl methyl sites for hydroxylation is 1. The van der Waals surface area contributed by atoms with Gasteiger partial charge in [0.1, 0.15) is 10.7 Å². The summed E-state index contributed by atoms with van der Waals surface area (Å²) in [6.45, 7) is 1.80. The normalized spacial score (nSPS) is 10.1. The first-order chi connectivity index (χ1) is 9.47. The van der Waals surface area contributed by atoms with Crippen LogP contribution in [-0.2, 0) is 0 Å². The van der Waals surface area contributed by atoms with E-state index >= 15 is 0 Å². The highest BCUT2D eigenvalue weighted by molar-refractivity contribution is 9.10. The molecule has 0 spiro atoms. The van der Waals surface area contributed by atoms with Crippen molar-refractivity contribution in [1.82, 2.24) is 9.97 Å². The number of rotatable bonds is 3. The van der Waals surface area contributed by atoms with Crippen molar-refractivity contribution in [1.29, 1.82) is 0 Å². The highest BCUT2D eigenvalue weighted by atomic mass is 79.9. The van der Waals surface area contributed by atoms with Gasteiger partial charge in [0.15, 0.2) is 0 Å². The SMILES string of the molecule is Cc1cnc(C(=O)Nc2ccc(Br)cc2C(N)=S)cn1. The Balaban J connectivity index is 2.28. The molecule has 0 bridgehead atoms. The van der Waals surface area contributed by atoms with Crippen LogP contribution in [-0.4, -0.2) is 20.9 Å². The van der Waals surface area contributed by atoms with Crippen molar-refractivity contribution in [3.63, 3.8) is 0 Å². The Hall–Kier alpha value is -1.86. The number of benzene rings is 1. The van der Waals surface area contributed by atoms with Crippen LogP contribution >= 0.6 is 28.1 Å².